The zero-order valence-corrected chi connectivity index (χ0v) is 19.4. The van der Waals surface area contributed by atoms with Crippen molar-refractivity contribution in [2.45, 2.75) is 22.8 Å². The van der Waals surface area contributed by atoms with Crippen molar-refractivity contribution in [3.05, 3.63) is 11.3 Å². The molecular weight excluding hydrogens is 447 g/mol. The van der Waals surface area contributed by atoms with Crippen LogP contribution >= 0.6 is 23.1 Å². The van der Waals surface area contributed by atoms with Crippen LogP contribution < -0.4 is 46.1 Å². The molecule has 0 spiro atoms. The van der Waals surface area contributed by atoms with Crippen LogP contribution in [0.1, 0.15) is 6.42 Å². The van der Waals surface area contributed by atoms with Gasteiger partial charge in [0.25, 0.3) is 5.91 Å². The van der Waals surface area contributed by atoms with Gasteiger partial charge in [-0.3, -0.25) is 9.59 Å². The summed E-state index contributed by atoms with van der Waals surface area (Å²) >= 11 is 2.33. The number of ether oxygens (including phenoxy) is 1. The second-order valence-electron chi connectivity index (χ2n) is 6.59. The average Bonchev–Trinajstić information content (AvgIpc) is 3.23. The van der Waals surface area contributed by atoms with Gasteiger partial charge in [-0.05, 0) is 12.0 Å². The number of nitrogen functional groups attached to an aromatic ring is 1. The largest absolute Gasteiger partial charge is 1.00 e. The average molecular weight is 462 g/mol. The molecule has 3 aliphatic heterocycles. The van der Waals surface area contributed by atoms with Crippen LogP contribution in [0.3, 0.4) is 0 Å². The van der Waals surface area contributed by atoms with E-state index in [1.54, 1.807) is 0 Å². The first kappa shape index (κ1) is 22.8. The molecule has 12 nitrogen and oxygen atoms in total. The number of carbonyl (C=O) groups excluding carboxylic acids is 4. The van der Waals surface area contributed by atoms with E-state index in [9.17, 15) is 24.3 Å². The van der Waals surface area contributed by atoms with Crippen molar-refractivity contribution in [3.63, 3.8) is 0 Å². The Morgan fingerprint density at radius 3 is 2.67 bits per heavy atom. The molecule has 154 valence electrons. The number of primary amides is 1. The number of thioether (sulfide) groups is 1. The minimum atomic E-state index is -1.53. The van der Waals surface area contributed by atoms with Crippen LogP contribution in [0.5, 0.6) is 0 Å². The predicted molar refractivity (Wildman–Crippen MR) is 96.9 cm³/mol. The first-order chi connectivity index (χ1) is 13.8. The number of nitrogens with two attached hydrogens (primary N) is 2. The van der Waals surface area contributed by atoms with Crippen molar-refractivity contribution in [1.29, 1.82) is 0 Å². The Balaban J connectivity index is 0.00000256. The van der Waals surface area contributed by atoms with Gasteiger partial charge in [0.15, 0.2) is 4.34 Å². The van der Waals surface area contributed by atoms with Gasteiger partial charge in [-0.15, -0.1) is 10.2 Å². The number of hydrogen-bond donors (Lipinski definition) is 2. The van der Waals surface area contributed by atoms with E-state index in [0.717, 1.165) is 16.2 Å². The summed E-state index contributed by atoms with van der Waals surface area (Å²) in [5.41, 5.74) is 10.5. The molecule has 30 heavy (non-hydrogen) atoms. The summed E-state index contributed by atoms with van der Waals surface area (Å²) in [4.78, 5) is 50.5. The number of rotatable bonds is 6. The second-order valence-corrected chi connectivity index (χ2v) is 8.82. The molecule has 1 aromatic heterocycles. The summed E-state index contributed by atoms with van der Waals surface area (Å²) in [6.07, 6.45) is -0.629. The van der Waals surface area contributed by atoms with Gasteiger partial charge in [-0.25, -0.2) is 4.79 Å². The van der Waals surface area contributed by atoms with Gasteiger partial charge >= 0.3 is 35.7 Å². The van der Waals surface area contributed by atoms with E-state index in [-0.39, 0.29) is 71.6 Å². The summed E-state index contributed by atoms with van der Waals surface area (Å²) in [5, 5.41) is 19.4. The fourth-order valence-corrected chi connectivity index (χ4v) is 5.61. The summed E-state index contributed by atoms with van der Waals surface area (Å²) in [6, 6.07) is -1.27. The first-order valence-electron chi connectivity index (χ1n) is 8.50. The Bertz CT molecular complexity index is 954. The molecule has 1 unspecified atom stereocenters. The summed E-state index contributed by atoms with van der Waals surface area (Å²) < 4.78 is 5.31. The fourth-order valence-electron chi connectivity index (χ4n) is 4.09. The third-order valence-corrected chi connectivity index (χ3v) is 7.03. The number of amides is 3. The molecule has 3 aliphatic rings. The van der Waals surface area contributed by atoms with Crippen molar-refractivity contribution in [2.24, 2.45) is 11.7 Å². The molecule has 0 radical (unpaired) electrons. The summed E-state index contributed by atoms with van der Waals surface area (Å²) in [7, 11) is 0. The van der Waals surface area contributed by atoms with Gasteiger partial charge in [0.05, 0.1) is 23.5 Å². The number of piperidine rings is 1. The smallest absolute Gasteiger partial charge is 0.543 e. The van der Waals surface area contributed by atoms with Crippen LogP contribution in [0.15, 0.2) is 15.6 Å². The van der Waals surface area contributed by atoms with Crippen molar-refractivity contribution >= 4 is 52.1 Å². The Morgan fingerprint density at radius 2 is 2.07 bits per heavy atom. The molecule has 0 bridgehead atoms. The van der Waals surface area contributed by atoms with Crippen LogP contribution in [0, 0.1) is 5.92 Å². The summed E-state index contributed by atoms with van der Waals surface area (Å²) in [6.45, 7) is -0.0674. The molecule has 3 atom stereocenters. The minimum absolute atomic E-state index is 0. The molecule has 15 heteroatoms. The number of hydrogen-bond acceptors (Lipinski definition) is 11. The topological polar surface area (TPSA) is 185 Å². The van der Waals surface area contributed by atoms with Crippen LogP contribution in [-0.2, 0) is 19.1 Å². The number of carbonyl (C=O) groups is 4. The zero-order chi connectivity index (χ0) is 20.9. The monoisotopic (exact) mass is 462 g/mol. The van der Waals surface area contributed by atoms with Crippen molar-refractivity contribution in [2.75, 3.05) is 24.6 Å². The van der Waals surface area contributed by atoms with Crippen LogP contribution in [0.2, 0.25) is 0 Å². The molecule has 4 heterocycles. The molecule has 1 aromatic rings. The third-order valence-electron chi connectivity index (χ3n) is 5.16. The van der Waals surface area contributed by atoms with Crippen molar-refractivity contribution < 1.29 is 58.6 Å². The van der Waals surface area contributed by atoms with Crippen LogP contribution in [0.25, 0.3) is 0 Å². The van der Waals surface area contributed by atoms with E-state index >= 15 is 0 Å². The summed E-state index contributed by atoms with van der Waals surface area (Å²) in [5.74, 6) is -2.58. The number of nitrogens with zero attached hydrogens (tertiary/aromatic N) is 4. The quantitative estimate of drug-likeness (QED) is 0.235. The molecule has 0 aromatic carbocycles. The Labute approximate surface area is 200 Å². The van der Waals surface area contributed by atoms with Crippen LogP contribution in [0.4, 0.5) is 9.93 Å². The van der Waals surface area contributed by atoms with E-state index in [1.165, 1.54) is 16.7 Å². The van der Waals surface area contributed by atoms with Gasteiger partial charge in [-0.1, -0.05) is 23.1 Å². The van der Waals surface area contributed by atoms with E-state index in [0.29, 0.717) is 15.9 Å². The Hall–Kier alpha value is -1.87. The number of likely N-dealkylation sites (tertiary alicyclic amines) is 1. The maximum absolute atomic E-state index is 12.7. The molecule has 3 amide bonds. The molecule has 2 saturated heterocycles. The Kier molecular flexibility index (Phi) is 6.62. The van der Waals surface area contributed by atoms with Crippen LogP contribution in [-0.4, -0.2) is 74.9 Å². The first-order valence-corrected chi connectivity index (χ1v) is 10.3. The molecule has 0 aliphatic carbocycles. The van der Waals surface area contributed by atoms with Crippen molar-refractivity contribution in [1.82, 2.24) is 20.0 Å². The number of aliphatic carboxylic acids is 1. The van der Waals surface area contributed by atoms with E-state index in [2.05, 4.69) is 10.2 Å². The number of carboxylic acids is 1. The zero-order valence-electron chi connectivity index (χ0n) is 15.8. The SMILES string of the molecule is NC(=O)OCC1=C(C(=O)[O-])N2C(=O)[C@@H]3[C@H]2C1CCN3C(=O)CSc1nnc(N)s1.[Na+]. The van der Waals surface area contributed by atoms with Gasteiger partial charge < -0.3 is 35.9 Å². The van der Waals surface area contributed by atoms with E-state index < -0.39 is 30.1 Å². The van der Waals surface area contributed by atoms with Gasteiger partial charge in [0, 0.05) is 12.5 Å². The van der Waals surface area contributed by atoms with Crippen molar-refractivity contribution in [3.8, 4) is 0 Å². The maximum Gasteiger partial charge on any atom is 1.00 e. The second kappa shape index (κ2) is 8.70. The fraction of sp³-hybridized carbons (Fsp3) is 0.467. The Morgan fingerprint density at radius 1 is 1.33 bits per heavy atom. The number of carboxylic acid groups (broad SMARTS) is 1. The maximum atomic E-state index is 12.7. The number of aromatic nitrogens is 2. The van der Waals surface area contributed by atoms with E-state index in [1.807, 2.05) is 0 Å². The molecule has 0 saturated carbocycles. The molecule has 2 fully saturated rings. The third kappa shape index (κ3) is 3.77. The molecule has 4 N–H and O–H groups in total. The predicted octanol–water partition coefficient (Wildman–Crippen LogP) is -5.24. The number of β-lactam (4-membered cyclic amide) rings is 1. The molecule has 4 rings (SSSR count). The van der Waals surface area contributed by atoms with E-state index in [4.69, 9.17) is 16.2 Å². The standard InChI is InChI=1S/C15H16N6O6S2.Na/c16-13-18-19-15(29-13)28-4-7(22)20-2-1-5-6(3-27-14(17)26)9(12(24)25)21-8(5)10(20)11(21)23;/h5,8,10H,1-4H2,(H2,16,18)(H2,17,26)(H,24,25);/q;+1/p-1/t5?,8-,10+;/m1./s1. The van der Waals surface area contributed by atoms with Gasteiger partial charge in [0.1, 0.15) is 12.6 Å². The normalized spacial score (nSPS) is 24.1. The number of anilines is 1. The minimum Gasteiger partial charge on any atom is -0.543 e. The van der Waals surface area contributed by atoms with Gasteiger partial charge in [0.2, 0.25) is 11.0 Å². The van der Waals surface area contributed by atoms with Gasteiger partial charge in [-0.2, -0.15) is 0 Å². The molecular formula is C15H15N6NaO6S2.